The fraction of sp³-hybridized carbons (Fsp3) is 0.211. The van der Waals surface area contributed by atoms with Crippen LogP contribution >= 0.6 is 0 Å². The summed E-state index contributed by atoms with van der Waals surface area (Å²) in [5.41, 5.74) is 3.40. The molecule has 0 saturated carbocycles. The summed E-state index contributed by atoms with van der Waals surface area (Å²) < 4.78 is 0. The summed E-state index contributed by atoms with van der Waals surface area (Å²) in [6.07, 6.45) is 1.44. The molecule has 3 N–H and O–H groups in total. The van der Waals surface area contributed by atoms with Gasteiger partial charge in [-0.2, -0.15) is 0 Å². The van der Waals surface area contributed by atoms with Crippen molar-refractivity contribution >= 4 is 11.5 Å². The number of amidine groups is 1. The van der Waals surface area contributed by atoms with E-state index in [4.69, 9.17) is 0 Å². The summed E-state index contributed by atoms with van der Waals surface area (Å²) in [6.45, 7) is 11.4. The molecule has 4 heteroatoms. The lowest BCUT2D eigenvalue weighted by Gasteiger charge is -2.13. The van der Waals surface area contributed by atoms with E-state index in [1.54, 1.807) is 30.3 Å². The van der Waals surface area contributed by atoms with Crippen molar-refractivity contribution in [3.63, 3.8) is 0 Å². The van der Waals surface area contributed by atoms with E-state index in [1.807, 2.05) is 33.8 Å². The second-order valence-electron chi connectivity index (χ2n) is 4.79. The number of nitrogens with one attached hydrogen (secondary N) is 1. The van der Waals surface area contributed by atoms with E-state index in [-0.39, 0.29) is 11.5 Å². The molecule has 0 radical (unpaired) electrons. The maximum atomic E-state index is 9.90. The minimum Gasteiger partial charge on any atom is -0.508 e. The molecule has 0 saturated heterocycles. The Hall–Kier alpha value is -2.75. The first-order valence-electron chi connectivity index (χ1n) is 7.56. The van der Waals surface area contributed by atoms with Crippen molar-refractivity contribution in [1.82, 2.24) is 0 Å². The van der Waals surface area contributed by atoms with Crippen LogP contribution in [-0.2, 0) is 0 Å². The Morgan fingerprint density at radius 3 is 2.22 bits per heavy atom. The number of rotatable bonds is 3. The number of aryl methyl sites for hydroxylation is 2. The highest BCUT2D eigenvalue weighted by Crippen LogP contribution is 2.23. The molecule has 0 aliphatic heterocycles. The number of hydrogen-bond acceptors (Lipinski definition) is 3. The third kappa shape index (κ3) is 4.88. The average Bonchev–Trinajstić information content (AvgIpc) is 2.54. The van der Waals surface area contributed by atoms with Gasteiger partial charge in [-0.15, -0.1) is 0 Å². The Morgan fingerprint density at radius 1 is 1.04 bits per heavy atom. The highest BCUT2D eigenvalue weighted by Gasteiger charge is 2.10. The fourth-order valence-corrected chi connectivity index (χ4v) is 2.04. The second-order valence-corrected chi connectivity index (χ2v) is 4.79. The Morgan fingerprint density at radius 2 is 1.65 bits per heavy atom. The minimum atomic E-state index is 0.201. The summed E-state index contributed by atoms with van der Waals surface area (Å²) in [4.78, 5) is 4.24. The van der Waals surface area contributed by atoms with Gasteiger partial charge in [-0.1, -0.05) is 26.5 Å². The van der Waals surface area contributed by atoms with Crippen LogP contribution in [0.25, 0.3) is 0 Å². The smallest absolute Gasteiger partial charge is 0.137 e. The average molecular weight is 312 g/mol. The number of aromatic hydroxyl groups is 2. The van der Waals surface area contributed by atoms with E-state index in [0.717, 1.165) is 22.4 Å². The predicted molar refractivity (Wildman–Crippen MR) is 97.4 cm³/mol. The van der Waals surface area contributed by atoms with E-state index < -0.39 is 0 Å². The molecule has 0 atom stereocenters. The van der Waals surface area contributed by atoms with Crippen molar-refractivity contribution < 1.29 is 10.2 Å². The standard InChI is InChI=1S/C17H18N2O2.C2H6/c1-4-18-17(19-13-5-7-14(20)8-6-13)15-10-16(21)12(3)9-11(15)2;1-2/h4-10,20-21H,1H2,2-3H3,(H,18,19);1-2H3. The number of phenols is 2. The van der Waals surface area contributed by atoms with E-state index in [1.165, 1.54) is 6.20 Å². The van der Waals surface area contributed by atoms with Gasteiger partial charge in [-0.3, -0.25) is 0 Å². The summed E-state index contributed by atoms with van der Waals surface area (Å²) in [5.74, 6) is 1.01. The highest BCUT2D eigenvalue weighted by atomic mass is 16.3. The molecule has 0 amide bonds. The minimum absolute atomic E-state index is 0.201. The largest absolute Gasteiger partial charge is 0.508 e. The zero-order chi connectivity index (χ0) is 17.4. The molecule has 2 rings (SSSR count). The lowest BCUT2D eigenvalue weighted by atomic mass is 10.0. The van der Waals surface area contributed by atoms with Crippen molar-refractivity contribution in [2.75, 3.05) is 5.32 Å². The lowest BCUT2D eigenvalue weighted by Crippen LogP contribution is -2.14. The Balaban J connectivity index is 0.00000127. The normalized spacial score (nSPS) is 10.5. The first-order chi connectivity index (χ1) is 11.0. The molecule has 0 fully saturated rings. The number of phenolic OH excluding ortho intramolecular Hbond substituents is 2. The molecule has 0 spiro atoms. The first kappa shape index (κ1) is 18.3. The van der Waals surface area contributed by atoms with E-state index in [0.29, 0.717) is 5.84 Å². The van der Waals surface area contributed by atoms with Gasteiger partial charge in [-0.05, 0) is 55.3 Å². The van der Waals surface area contributed by atoms with Crippen molar-refractivity contribution in [2.45, 2.75) is 27.7 Å². The lowest BCUT2D eigenvalue weighted by molar-refractivity contribution is 0.471. The third-order valence-corrected chi connectivity index (χ3v) is 3.15. The van der Waals surface area contributed by atoms with Gasteiger partial charge in [-0.25, -0.2) is 4.99 Å². The van der Waals surface area contributed by atoms with Crippen molar-refractivity contribution in [2.24, 2.45) is 4.99 Å². The fourth-order valence-electron chi connectivity index (χ4n) is 2.04. The van der Waals surface area contributed by atoms with Crippen molar-refractivity contribution in [3.05, 3.63) is 65.9 Å². The van der Waals surface area contributed by atoms with Crippen LogP contribution in [0.15, 0.2) is 54.2 Å². The van der Waals surface area contributed by atoms with Crippen LogP contribution in [0.4, 0.5) is 5.69 Å². The first-order valence-corrected chi connectivity index (χ1v) is 7.56. The molecule has 122 valence electrons. The van der Waals surface area contributed by atoms with Crippen molar-refractivity contribution in [1.29, 1.82) is 0 Å². The molecule has 23 heavy (non-hydrogen) atoms. The van der Waals surface area contributed by atoms with Crippen LogP contribution in [0, 0.1) is 13.8 Å². The van der Waals surface area contributed by atoms with Gasteiger partial charge in [0.05, 0.1) is 0 Å². The van der Waals surface area contributed by atoms with Gasteiger partial charge in [0.25, 0.3) is 0 Å². The Bertz CT molecular complexity index is 689. The number of aliphatic imine (C=N–C) groups is 1. The van der Waals surface area contributed by atoms with Crippen LogP contribution < -0.4 is 5.32 Å². The number of hydrogen-bond donors (Lipinski definition) is 3. The molecule has 0 aliphatic carbocycles. The highest BCUT2D eigenvalue weighted by molar-refractivity contribution is 6.09. The molecule has 4 nitrogen and oxygen atoms in total. The number of benzene rings is 2. The molecular weight excluding hydrogens is 288 g/mol. The second kappa shape index (κ2) is 8.63. The summed E-state index contributed by atoms with van der Waals surface area (Å²) >= 11 is 0. The molecule has 0 bridgehead atoms. The summed E-state index contributed by atoms with van der Waals surface area (Å²) in [6, 6.07) is 10.3. The van der Waals surface area contributed by atoms with E-state index >= 15 is 0 Å². The SMILES string of the molecule is C=CN=C(Nc1ccc(O)cc1)c1cc(O)c(C)cc1C.CC. The zero-order valence-electron chi connectivity index (χ0n) is 14.1. The van der Waals surface area contributed by atoms with Gasteiger partial charge >= 0.3 is 0 Å². The summed E-state index contributed by atoms with van der Waals surface area (Å²) in [7, 11) is 0. The van der Waals surface area contributed by atoms with Gasteiger partial charge in [0.1, 0.15) is 17.3 Å². The quantitative estimate of drug-likeness (QED) is 0.435. The Kier molecular flexibility index (Phi) is 6.87. The van der Waals surface area contributed by atoms with Gasteiger partial charge in [0, 0.05) is 17.5 Å². The van der Waals surface area contributed by atoms with Crippen LogP contribution in [0.3, 0.4) is 0 Å². The van der Waals surface area contributed by atoms with E-state index in [9.17, 15) is 10.2 Å². The number of anilines is 1. The van der Waals surface area contributed by atoms with E-state index in [2.05, 4.69) is 16.9 Å². The topological polar surface area (TPSA) is 64.9 Å². The van der Waals surface area contributed by atoms with Crippen LogP contribution in [0.5, 0.6) is 11.5 Å². The molecule has 0 aromatic heterocycles. The van der Waals surface area contributed by atoms with Crippen LogP contribution in [0.1, 0.15) is 30.5 Å². The monoisotopic (exact) mass is 312 g/mol. The molecule has 2 aromatic carbocycles. The molecule has 0 aliphatic rings. The zero-order valence-corrected chi connectivity index (χ0v) is 14.1. The predicted octanol–water partition coefficient (Wildman–Crippen LogP) is 4.74. The molecule has 2 aromatic rings. The van der Waals surface area contributed by atoms with Crippen LogP contribution in [0.2, 0.25) is 0 Å². The molecule has 0 heterocycles. The van der Waals surface area contributed by atoms with Gasteiger partial charge in [0.2, 0.25) is 0 Å². The molecular formula is C19H24N2O2. The van der Waals surface area contributed by atoms with Gasteiger partial charge in [0.15, 0.2) is 0 Å². The maximum Gasteiger partial charge on any atom is 0.137 e. The summed E-state index contributed by atoms with van der Waals surface area (Å²) in [5, 5.41) is 22.4. The van der Waals surface area contributed by atoms with Crippen LogP contribution in [-0.4, -0.2) is 16.0 Å². The van der Waals surface area contributed by atoms with Crippen molar-refractivity contribution in [3.8, 4) is 11.5 Å². The third-order valence-electron chi connectivity index (χ3n) is 3.15. The van der Waals surface area contributed by atoms with Gasteiger partial charge < -0.3 is 15.5 Å². The Labute approximate surface area is 137 Å². The number of nitrogens with zero attached hydrogens (tertiary/aromatic N) is 1. The molecule has 0 unspecified atom stereocenters. The maximum absolute atomic E-state index is 9.90.